The van der Waals surface area contributed by atoms with Gasteiger partial charge in [0.2, 0.25) is 0 Å². The van der Waals surface area contributed by atoms with Gasteiger partial charge in [-0.2, -0.15) is 0 Å². The normalized spacial score (nSPS) is 24.5. The van der Waals surface area contributed by atoms with Gasteiger partial charge in [0.15, 0.2) is 5.96 Å². The number of unbranched alkanes of at least 4 members (excludes halogenated alkanes) is 1. The van der Waals surface area contributed by atoms with Gasteiger partial charge in [-0.1, -0.05) is 32.6 Å². The molecule has 1 saturated carbocycles. The van der Waals surface area contributed by atoms with Gasteiger partial charge in [0.05, 0.1) is 18.5 Å². The number of imidazole rings is 1. The molecule has 1 aromatic rings. The monoisotopic (exact) mass is 403 g/mol. The Hall–Kier alpha value is -1.56. The Bertz CT molecular complexity index is 580. The predicted molar refractivity (Wildman–Crippen MR) is 119 cm³/mol. The van der Waals surface area contributed by atoms with E-state index in [-0.39, 0.29) is 0 Å². The van der Waals surface area contributed by atoms with Crippen LogP contribution in [0.15, 0.2) is 23.7 Å². The largest absolute Gasteiger partial charge is 0.378 e. The topological polar surface area (TPSA) is 54.7 Å². The Morgan fingerprint density at radius 2 is 2.00 bits per heavy atom. The molecule has 29 heavy (non-hydrogen) atoms. The summed E-state index contributed by atoms with van der Waals surface area (Å²) in [5, 5.41) is 3.50. The first-order valence-electron chi connectivity index (χ1n) is 11.9. The zero-order valence-corrected chi connectivity index (χ0v) is 18.6. The van der Waals surface area contributed by atoms with Gasteiger partial charge >= 0.3 is 0 Å². The molecule has 1 saturated heterocycles. The van der Waals surface area contributed by atoms with Gasteiger partial charge in [0.1, 0.15) is 0 Å². The fraction of sp³-hybridized carbons (Fsp3) is 0.826. The van der Waals surface area contributed by atoms with E-state index in [0.717, 1.165) is 51.6 Å². The van der Waals surface area contributed by atoms with Gasteiger partial charge in [-0.15, -0.1) is 0 Å². The Kier molecular flexibility index (Phi) is 9.32. The Balaban J connectivity index is 1.43. The number of guanidine groups is 1. The van der Waals surface area contributed by atoms with E-state index in [1.54, 1.807) is 0 Å². The molecule has 6 nitrogen and oxygen atoms in total. The van der Waals surface area contributed by atoms with Gasteiger partial charge < -0.3 is 19.5 Å². The zero-order chi connectivity index (χ0) is 20.3. The number of aliphatic imine (C=N–C) groups is 1. The van der Waals surface area contributed by atoms with E-state index < -0.39 is 0 Å². The number of likely N-dealkylation sites (tertiary alicyclic amines) is 1. The summed E-state index contributed by atoms with van der Waals surface area (Å²) in [7, 11) is 0. The molecule has 2 fully saturated rings. The highest BCUT2D eigenvalue weighted by Crippen LogP contribution is 2.27. The number of hydrogen-bond acceptors (Lipinski definition) is 3. The van der Waals surface area contributed by atoms with Crippen LogP contribution in [0.5, 0.6) is 0 Å². The van der Waals surface area contributed by atoms with E-state index >= 15 is 0 Å². The molecule has 2 aliphatic rings. The van der Waals surface area contributed by atoms with E-state index in [1.165, 1.54) is 44.9 Å². The molecule has 2 unspecified atom stereocenters. The standard InChI is InChI=1S/C23H41N5O/c1-3-25-23(26-13-8-9-17-29-21-10-6-4-5-7-11-21)27-15-12-20(2)22(18-27)28-16-14-24-19-28/h14,16,19-22H,3-13,15,17-18H2,1-2H3,(H,25,26). The highest BCUT2D eigenvalue weighted by Gasteiger charge is 2.28. The molecule has 3 rings (SSSR count). The summed E-state index contributed by atoms with van der Waals surface area (Å²) in [6.07, 6.45) is 17.8. The van der Waals surface area contributed by atoms with Crippen molar-refractivity contribution >= 4 is 5.96 Å². The van der Waals surface area contributed by atoms with Crippen molar-refractivity contribution in [1.82, 2.24) is 19.8 Å². The first-order chi connectivity index (χ1) is 14.3. The second kappa shape index (κ2) is 12.2. The maximum Gasteiger partial charge on any atom is 0.193 e. The average Bonchev–Trinajstić information content (AvgIpc) is 3.14. The van der Waals surface area contributed by atoms with Crippen molar-refractivity contribution in [3.05, 3.63) is 18.7 Å². The van der Waals surface area contributed by atoms with E-state index in [1.807, 2.05) is 12.5 Å². The summed E-state index contributed by atoms with van der Waals surface area (Å²) in [5.74, 6) is 1.72. The number of rotatable bonds is 8. The molecule has 164 valence electrons. The predicted octanol–water partition coefficient (Wildman–Crippen LogP) is 4.25. The van der Waals surface area contributed by atoms with E-state index in [0.29, 0.717) is 18.1 Å². The molecule has 2 heterocycles. The number of nitrogens with zero attached hydrogens (tertiary/aromatic N) is 4. The summed E-state index contributed by atoms with van der Waals surface area (Å²) in [4.78, 5) is 11.6. The summed E-state index contributed by atoms with van der Waals surface area (Å²) < 4.78 is 8.37. The minimum atomic E-state index is 0.461. The fourth-order valence-electron chi connectivity index (χ4n) is 4.58. The lowest BCUT2D eigenvalue weighted by atomic mass is 9.93. The Labute approximate surface area is 177 Å². The summed E-state index contributed by atoms with van der Waals surface area (Å²) in [6.45, 7) is 9.23. The van der Waals surface area contributed by atoms with Gasteiger partial charge in [-0.25, -0.2) is 4.98 Å². The molecule has 0 aromatic carbocycles. The maximum atomic E-state index is 6.12. The minimum absolute atomic E-state index is 0.461. The second-order valence-corrected chi connectivity index (χ2v) is 8.72. The summed E-state index contributed by atoms with van der Waals surface area (Å²) in [6, 6.07) is 0.461. The van der Waals surface area contributed by atoms with E-state index in [9.17, 15) is 0 Å². The third-order valence-electron chi connectivity index (χ3n) is 6.43. The van der Waals surface area contributed by atoms with Crippen LogP contribution in [0.25, 0.3) is 0 Å². The molecule has 2 atom stereocenters. The number of aromatic nitrogens is 2. The van der Waals surface area contributed by atoms with Crippen LogP contribution < -0.4 is 5.32 Å². The number of piperidine rings is 1. The number of ether oxygens (including phenoxy) is 1. The molecule has 0 radical (unpaired) electrons. The molecule has 1 N–H and O–H groups in total. The van der Waals surface area contributed by atoms with Crippen molar-refractivity contribution in [1.29, 1.82) is 0 Å². The first kappa shape index (κ1) is 22.1. The third-order valence-corrected chi connectivity index (χ3v) is 6.43. The van der Waals surface area contributed by atoms with Crippen molar-refractivity contribution in [3.8, 4) is 0 Å². The fourth-order valence-corrected chi connectivity index (χ4v) is 4.58. The van der Waals surface area contributed by atoms with Crippen LogP contribution >= 0.6 is 0 Å². The van der Waals surface area contributed by atoms with Crippen LogP contribution in [-0.2, 0) is 4.74 Å². The van der Waals surface area contributed by atoms with Crippen LogP contribution in [-0.4, -0.2) is 59.3 Å². The van der Waals surface area contributed by atoms with Gasteiger partial charge in [0.25, 0.3) is 0 Å². The van der Waals surface area contributed by atoms with E-state index in [2.05, 4.69) is 39.8 Å². The molecule has 0 amide bonds. The first-order valence-corrected chi connectivity index (χ1v) is 11.9. The van der Waals surface area contributed by atoms with Crippen LogP contribution in [0.2, 0.25) is 0 Å². The zero-order valence-electron chi connectivity index (χ0n) is 18.6. The molecular formula is C23H41N5O. The third kappa shape index (κ3) is 7.02. The Morgan fingerprint density at radius 1 is 1.17 bits per heavy atom. The lowest BCUT2D eigenvalue weighted by Gasteiger charge is -2.39. The van der Waals surface area contributed by atoms with Crippen LogP contribution in [0.4, 0.5) is 0 Å². The molecule has 1 aliphatic carbocycles. The number of nitrogens with one attached hydrogen (secondary N) is 1. The molecule has 1 aromatic heterocycles. The Morgan fingerprint density at radius 3 is 2.72 bits per heavy atom. The minimum Gasteiger partial charge on any atom is -0.378 e. The van der Waals surface area contributed by atoms with Crippen LogP contribution in [0.3, 0.4) is 0 Å². The number of hydrogen-bond donors (Lipinski definition) is 1. The van der Waals surface area contributed by atoms with Gasteiger partial charge in [0, 0.05) is 45.2 Å². The van der Waals surface area contributed by atoms with Gasteiger partial charge in [-0.3, -0.25) is 4.99 Å². The summed E-state index contributed by atoms with van der Waals surface area (Å²) in [5.41, 5.74) is 0. The average molecular weight is 404 g/mol. The van der Waals surface area contributed by atoms with Crippen molar-refractivity contribution in [3.63, 3.8) is 0 Å². The van der Waals surface area contributed by atoms with Crippen molar-refractivity contribution in [2.75, 3.05) is 32.8 Å². The lowest BCUT2D eigenvalue weighted by Crippen LogP contribution is -2.49. The maximum absolute atomic E-state index is 6.12. The molecule has 0 bridgehead atoms. The van der Waals surface area contributed by atoms with Crippen molar-refractivity contribution in [2.24, 2.45) is 10.9 Å². The highest BCUT2D eigenvalue weighted by molar-refractivity contribution is 5.80. The highest BCUT2D eigenvalue weighted by atomic mass is 16.5. The second-order valence-electron chi connectivity index (χ2n) is 8.72. The quantitative estimate of drug-likeness (QED) is 0.305. The SMILES string of the molecule is CCNC(=NCCCCOC1CCCCCC1)N1CCC(C)C(n2ccnc2)C1. The molecule has 6 heteroatoms. The van der Waals surface area contributed by atoms with Crippen LogP contribution in [0, 0.1) is 5.92 Å². The van der Waals surface area contributed by atoms with Crippen LogP contribution in [0.1, 0.15) is 77.7 Å². The van der Waals surface area contributed by atoms with Gasteiger partial charge in [-0.05, 0) is 44.9 Å². The molecule has 1 aliphatic heterocycles. The molecular weight excluding hydrogens is 362 g/mol. The molecule has 0 spiro atoms. The smallest absolute Gasteiger partial charge is 0.193 e. The van der Waals surface area contributed by atoms with Crippen molar-refractivity contribution < 1.29 is 4.74 Å². The summed E-state index contributed by atoms with van der Waals surface area (Å²) >= 11 is 0. The van der Waals surface area contributed by atoms with E-state index in [4.69, 9.17) is 9.73 Å². The van der Waals surface area contributed by atoms with Crippen molar-refractivity contribution in [2.45, 2.75) is 83.8 Å². The lowest BCUT2D eigenvalue weighted by molar-refractivity contribution is 0.0412.